The smallest absolute Gasteiger partial charge is 0.131 e. The zero-order chi connectivity index (χ0) is 9.83. The van der Waals surface area contributed by atoms with E-state index in [2.05, 4.69) is 4.36 Å². The molecule has 0 saturated heterocycles. The van der Waals surface area contributed by atoms with Gasteiger partial charge in [-0.1, -0.05) is 6.42 Å². The SMILES string of the molecule is C#CN=S(C)(=O)COC(C)(C)C. The van der Waals surface area contributed by atoms with Crippen LogP contribution in [-0.2, 0) is 14.5 Å². The minimum absolute atomic E-state index is 0.0840. The summed E-state index contributed by atoms with van der Waals surface area (Å²) >= 11 is 0. The number of nitrogens with zero attached hydrogens (tertiary/aromatic N) is 1. The first-order chi connectivity index (χ1) is 5.27. The summed E-state index contributed by atoms with van der Waals surface area (Å²) in [5.74, 6) is 0.0840. The molecular formula is C8H15NO2S. The van der Waals surface area contributed by atoms with Crippen LogP contribution in [0, 0.1) is 12.5 Å². The average Bonchev–Trinajstić information content (AvgIpc) is 1.83. The van der Waals surface area contributed by atoms with E-state index in [1.807, 2.05) is 26.8 Å². The summed E-state index contributed by atoms with van der Waals surface area (Å²) in [5.41, 5.74) is -0.303. The Hall–Kier alpha value is -0.530. The summed E-state index contributed by atoms with van der Waals surface area (Å²) in [6.45, 7) is 5.66. The van der Waals surface area contributed by atoms with Gasteiger partial charge in [0.05, 0.1) is 15.3 Å². The van der Waals surface area contributed by atoms with E-state index in [-0.39, 0.29) is 11.5 Å². The minimum Gasteiger partial charge on any atom is -0.362 e. The Morgan fingerprint density at radius 3 is 2.42 bits per heavy atom. The molecule has 0 aliphatic carbocycles. The minimum atomic E-state index is -2.35. The number of hydrogen-bond donors (Lipinski definition) is 0. The first-order valence-electron chi connectivity index (χ1n) is 3.55. The van der Waals surface area contributed by atoms with Crippen molar-refractivity contribution in [2.75, 3.05) is 12.2 Å². The van der Waals surface area contributed by atoms with Crippen molar-refractivity contribution in [3.8, 4) is 12.5 Å². The fraction of sp³-hybridized carbons (Fsp3) is 0.750. The predicted octanol–water partition coefficient (Wildman–Crippen LogP) is 1.45. The van der Waals surface area contributed by atoms with E-state index in [1.165, 1.54) is 6.26 Å². The van der Waals surface area contributed by atoms with Crippen molar-refractivity contribution < 1.29 is 8.95 Å². The summed E-state index contributed by atoms with van der Waals surface area (Å²) < 4.78 is 20.2. The van der Waals surface area contributed by atoms with Gasteiger partial charge in [-0.05, 0) is 20.8 Å². The molecule has 0 aromatic rings. The van der Waals surface area contributed by atoms with Crippen LogP contribution in [0.3, 0.4) is 0 Å². The van der Waals surface area contributed by atoms with Crippen LogP contribution in [0.15, 0.2) is 4.36 Å². The Labute approximate surface area is 74.7 Å². The molecule has 0 aromatic carbocycles. The zero-order valence-corrected chi connectivity index (χ0v) is 8.77. The first kappa shape index (κ1) is 11.5. The third-order valence-electron chi connectivity index (χ3n) is 0.956. The van der Waals surface area contributed by atoms with Gasteiger partial charge in [0.25, 0.3) is 0 Å². The van der Waals surface area contributed by atoms with Gasteiger partial charge in [0.1, 0.15) is 5.94 Å². The maximum absolute atomic E-state index is 11.4. The van der Waals surface area contributed by atoms with Crippen LogP contribution in [-0.4, -0.2) is 22.0 Å². The molecule has 0 aliphatic rings. The van der Waals surface area contributed by atoms with Gasteiger partial charge >= 0.3 is 0 Å². The van der Waals surface area contributed by atoms with Gasteiger partial charge in [-0.25, -0.2) is 4.21 Å². The van der Waals surface area contributed by atoms with Crippen LogP contribution in [0.1, 0.15) is 20.8 Å². The highest BCUT2D eigenvalue weighted by Gasteiger charge is 2.12. The molecule has 0 rings (SSSR count). The number of terminal acetylenes is 1. The summed E-state index contributed by atoms with van der Waals surface area (Å²) in [7, 11) is -2.35. The molecular weight excluding hydrogens is 174 g/mol. The highest BCUT2D eigenvalue weighted by molar-refractivity contribution is 7.92. The van der Waals surface area contributed by atoms with Gasteiger partial charge in [0.15, 0.2) is 0 Å². The molecule has 12 heavy (non-hydrogen) atoms. The molecule has 0 amide bonds. The van der Waals surface area contributed by atoms with Crippen molar-refractivity contribution in [1.82, 2.24) is 0 Å². The Morgan fingerprint density at radius 1 is 1.58 bits per heavy atom. The topological polar surface area (TPSA) is 38.7 Å². The molecule has 4 heteroatoms. The molecule has 3 nitrogen and oxygen atoms in total. The largest absolute Gasteiger partial charge is 0.362 e. The van der Waals surface area contributed by atoms with E-state index >= 15 is 0 Å². The highest BCUT2D eigenvalue weighted by Crippen LogP contribution is 2.08. The van der Waals surface area contributed by atoms with Gasteiger partial charge in [-0.15, -0.1) is 4.36 Å². The number of rotatable bonds is 2. The van der Waals surface area contributed by atoms with E-state index < -0.39 is 9.73 Å². The van der Waals surface area contributed by atoms with Gasteiger partial charge in [0.2, 0.25) is 0 Å². The first-order valence-corrected chi connectivity index (χ1v) is 5.64. The summed E-state index contributed by atoms with van der Waals surface area (Å²) in [6.07, 6.45) is 6.39. The third-order valence-corrected chi connectivity index (χ3v) is 2.00. The molecule has 1 unspecified atom stereocenters. The lowest BCUT2D eigenvalue weighted by molar-refractivity contribution is 0.0267. The molecule has 70 valence electrons. The second kappa shape index (κ2) is 3.92. The van der Waals surface area contributed by atoms with E-state index in [4.69, 9.17) is 11.2 Å². The van der Waals surface area contributed by atoms with Gasteiger partial charge in [0, 0.05) is 12.3 Å². The Bertz CT molecular complexity index is 287. The van der Waals surface area contributed by atoms with Crippen molar-refractivity contribution >= 4 is 9.73 Å². The van der Waals surface area contributed by atoms with Gasteiger partial charge in [-0.2, -0.15) is 0 Å². The van der Waals surface area contributed by atoms with Crippen molar-refractivity contribution in [3.05, 3.63) is 0 Å². The van der Waals surface area contributed by atoms with Crippen molar-refractivity contribution in [1.29, 1.82) is 0 Å². The molecule has 0 radical (unpaired) electrons. The normalized spacial score (nSPS) is 16.2. The van der Waals surface area contributed by atoms with Crippen molar-refractivity contribution in [3.63, 3.8) is 0 Å². The van der Waals surface area contributed by atoms with E-state index in [0.29, 0.717) is 0 Å². The molecule has 0 saturated carbocycles. The summed E-state index contributed by atoms with van der Waals surface area (Å²) in [4.78, 5) is 0. The second-order valence-corrected chi connectivity index (χ2v) is 5.89. The van der Waals surface area contributed by atoms with Crippen LogP contribution >= 0.6 is 0 Å². The average molecular weight is 189 g/mol. The molecule has 0 spiro atoms. The number of ether oxygens (including phenoxy) is 1. The predicted molar refractivity (Wildman–Crippen MR) is 51.0 cm³/mol. The fourth-order valence-corrected chi connectivity index (χ4v) is 1.27. The van der Waals surface area contributed by atoms with Crippen LogP contribution < -0.4 is 0 Å². The Balaban J connectivity index is 4.24. The van der Waals surface area contributed by atoms with Crippen molar-refractivity contribution in [2.45, 2.75) is 26.4 Å². The molecule has 0 bridgehead atoms. The summed E-state index contributed by atoms with van der Waals surface area (Å²) in [5, 5.41) is 0. The monoisotopic (exact) mass is 189 g/mol. The molecule has 0 heterocycles. The lowest BCUT2D eigenvalue weighted by atomic mass is 10.2. The highest BCUT2D eigenvalue weighted by atomic mass is 32.2. The molecule has 0 N–H and O–H groups in total. The maximum Gasteiger partial charge on any atom is 0.131 e. The van der Waals surface area contributed by atoms with E-state index in [0.717, 1.165) is 0 Å². The van der Waals surface area contributed by atoms with E-state index in [1.54, 1.807) is 0 Å². The lowest BCUT2D eigenvalue weighted by Crippen LogP contribution is -2.23. The molecule has 1 atom stereocenters. The standard InChI is InChI=1S/C8H15NO2S/c1-6-9-12(5,10)7-11-8(2,3)4/h1H,7H2,2-5H3. The van der Waals surface area contributed by atoms with Crippen LogP contribution in [0.25, 0.3) is 0 Å². The van der Waals surface area contributed by atoms with Gasteiger partial charge < -0.3 is 4.74 Å². The molecule has 0 aliphatic heterocycles. The summed E-state index contributed by atoms with van der Waals surface area (Å²) in [6, 6.07) is 2.01. The zero-order valence-electron chi connectivity index (χ0n) is 7.96. The molecule has 0 aromatic heterocycles. The van der Waals surface area contributed by atoms with Crippen molar-refractivity contribution in [2.24, 2.45) is 4.36 Å². The fourth-order valence-electron chi connectivity index (χ4n) is 0.424. The van der Waals surface area contributed by atoms with Crippen LogP contribution in [0.5, 0.6) is 0 Å². The van der Waals surface area contributed by atoms with Gasteiger partial charge in [-0.3, -0.25) is 0 Å². The maximum atomic E-state index is 11.4. The lowest BCUT2D eigenvalue weighted by Gasteiger charge is -2.19. The van der Waals surface area contributed by atoms with E-state index in [9.17, 15) is 4.21 Å². The molecule has 0 fully saturated rings. The van der Waals surface area contributed by atoms with Crippen LogP contribution in [0.4, 0.5) is 0 Å². The Kier molecular flexibility index (Phi) is 3.75. The number of hydrogen-bond acceptors (Lipinski definition) is 3. The Morgan fingerprint density at radius 2 is 2.08 bits per heavy atom. The quantitative estimate of drug-likeness (QED) is 0.617. The third kappa shape index (κ3) is 6.20. The second-order valence-electron chi connectivity index (χ2n) is 3.55. The van der Waals surface area contributed by atoms with Crippen LogP contribution in [0.2, 0.25) is 0 Å².